The number of unbranched alkanes of at least 4 members (excludes halogenated alkanes) is 2. The van der Waals surface area contributed by atoms with E-state index in [1.54, 1.807) is 0 Å². The van der Waals surface area contributed by atoms with E-state index in [1.807, 2.05) is 0 Å². The minimum absolute atomic E-state index is 0.188. The average Bonchev–Trinajstić information content (AvgIpc) is 2.86. The Hall–Kier alpha value is -0.0800. The minimum atomic E-state index is -0.188. The third kappa shape index (κ3) is 4.07. The third-order valence-corrected chi connectivity index (χ3v) is 2.35. The molecule has 0 amide bonds. The highest BCUT2D eigenvalue weighted by atomic mass is 16.5. The van der Waals surface area contributed by atoms with Gasteiger partial charge < -0.3 is 9.84 Å². The number of hydrogen-bond acceptors (Lipinski definition) is 2. The molecule has 1 atom stereocenters. The first-order valence-electron chi connectivity index (χ1n) is 5.10. The number of hydrogen-bond donors (Lipinski definition) is 1. The fourth-order valence-corrected chi connectivity index (χ4v) is 1.28. The molecule has 0 radical (unpaired) electrons. The van der Waals surface area contributed by atoms with Crippen molar-refractivity contribution in [2.45, 2.75) is 45.1 Å². The van der Waals surface area contributed by atoms with Crippen molar-refractivity contribution in [1.29, 1.82) is 0 Å². The fraction of sp³-hybridized carbons (Fsp3) is 1.00. The van der Waals surface area contributed by atoms with Crippen LogP contribution in [0, 0.1) is 5.92 Å². The van der Waals surface area contributed by atoms with Crippen molar-refractivity contribution in [3.8, 4) is 0 Å². The molecule has 0 aliphatic heterocycles. The highest BCUT2D eigenvalue weighted by Crippen LogP contribution is 2.32. The van der Waals surface area contributed by atoms with Gasteiger partial charge in [0, 0.05) is 6.61 Å². The molecular weight excluding hydrogens is 152 g/mol. The molecule has 1 aliphatic rings. The van der Waals surface area contributed by atoms with Crippen LogP contribution in [-0.2, 0) is 4.74 Å². The molecule has 72 valence electrons. The van der Waals surface area contributed by atoms with E-state index < -0.39 is 0 Å². The molecule has 1 N–H and O–H groups in total. The Morgan fingerprint density at radius 1 is 1.42 bits per heavy atom. The molecule has 0 aromatic carbocycles. The van der Waals surface area contributed by atoms with Crippen LogP contribution in [0.2, 0.25) is 0 Å². The number of aliphatic hydroxyl groups is 1. The molecule has 1 aliphatic carbocycles. The summed E-state index contributed by atoms with van der Waals surface area (Å²) in [5, 5.41) is 9.42. The van der Waals surface area contributed by atoms with Gasteiger partial charge in [-0.3, -0.25) is 0 Å². The Labute approximate surface area is 74.9 Å². The maximum atomic E-state index is 9.42. The Bertz CT molecular complexity index is 110. The maximum absolute atomic E-state index is 9.42. The summed E-state index contributed by atoms with van der Waals surface area (Å²) in [6.45, 7) is 3.55. The Balaban J connectivity index is 1.81. The van der Waals surface area contributed by atoms with E-state index in [4.69, 9.17) is 4.74 Å². The van der Waals surface area contributed by atoms with E-state index in [-0.39, 0.29) is 6.10 Å². The second-order valence-electron chi connectivity index (χ2n) is 3.69. The predicted octanol–water partition coefficient (Wildman–Crippen LogP) is 1.96. The van der Waals surface area contributed by atoms with Crippen molar-refractivity contribution in [1.82, 2.24) is 0 Å². The van der Waals surface area contributed by atoms with E-state index in [9.17, 15) is 5.11 Å². The lowest BCUT2D eigenvalue weighted by Crippen LogP contribution is -2.17. The molecule has 2 heteroatoms. The molecule has 0 heterocycles. The van der Waals surface area contributed by atoms with Gasteiger partial charge in [-0.05, 0) is 25.2 Å². The summed E-state index contributed by atoms with van der Waals surface area (Å²) in [6.07, 6.45) is 5.80. The molecule has 12 heavy (non-hydrogen) atoms. The summed E-state index contributed by atoms with van der Waals surface area (Å²) < 4.78 is 5.35. The van der Waals surface area contributed by atoms with Crippen molar-refractivity contribution >= 4 is 0 Å². The smallest absolute Gasteiger partial charge is 0.0801 e. The average molecular weight is 172 g/mol. The van der Waals surface area contributed by atoms with Crippen molar-refractivity contribution < 1.29 is 9.84 Å². The van der Waals surface area contributed by atoms with Gasteiger partial charge in [-0.15, -0.1) is 0 Å². The molecular formula is C10H20O2. The molecule has 0 spiro atoms. The lowest BCUT2D eigenvalue weighted by atomic mass is 10.2. The van der Waals surface area contributed by atoms with Crippen LogP contribution >= 0.6 is 0 Å². The van der Waals surface area contributed by atoms with Crippen molar-refractivity contribution in [3.63, 3.8) is 0 Å². The largest absolute Gasteiger partial charge is 0.390 e. The predicted molar refractivity (Wildman–Crippen MR) is 49.1 cm³/mol. The number of aliphatic hydroxyl groups excluding tert-OH is 1. The van der Waals surface area contributed by atoms with E-state index >= 15 is 0 Å². The van der Waals surface area contributed by atoms with Crippen molar-refractivity contribution in [2.75, 3.05) is 13.2 Å². The Morgan fingerprint density at radius 3 is 2.75 bits per heavy atom. The fourth-order valence-electron chi connectivity index (χ4n) is 1.28. The third-order valence-electron chi connectivity index (χ3n) is 2.35. The molecule has 0 bridgehead atoms. The molecule has 0 aromatic rings. The topological polar surface area (TPSA) is 29.5 Å². The van der Waals surface area contributed by atoms with Crippen LogP contribution < -0.4 is 0 Å². The zero-order chi connectivity index (χ0) is 8.81. The van der Waals surface area contributed by atoms with Crippen LogP contribution in [0.1, 0.15) is 39.0 Å². The van der Waals surface area contributed by atoms with Gasteiger partial charge in [0.25, 0.3) is 0 Å². The molecule has 1 fully saturated rings. The normalized spacial score (nSPS) is 19.5. The summed E-state index contributed by atoms with van der Waals surface area (Å²) in [4.78, 5) is 0. The van der Waals surface area contributed by atoms with Gasteiger partial charge in [0.05, 0.1) is 12.7 Å². The summed E-state index contributed by atoms with van der Waals surface area (Å²) in [5.41, 5.74) is 0. The summed E-state index contributed by atoms with van der Waals surface area (Å²) in [6, 6.07) is 0. The zero-order valence-electron chi connectivity index (χ0n) is 7.96. The minimum Gasteiger partial charge on any atom is -0.390 e. The van der Waals surface area contributed by atoms with E-state index in [2.05, 4.69) is 6.92 Å². The molecule has 1 saturated carbocycles. The van der Waals surface area contributed by atoms with E-state index in [1.165, 1.54) is 25.7 Å². The summed E-state index contributed by atoms with van der Waals surface area (Å²) in [5.74, 6) is 0.552. The summed E-state index contributed by atoms with van der Waals surface area (Å²) in [7, 11) is 0. The van der Waals surface area contributed by atoms with Gasteiger partial charge in [-0.2, -0.15) is 0 Å². The van der Waals surface area contributed by atoms with Crippen LogP contribution in [-0.4, -0.2) is 24.4 Å². The van der Waals surface area contributed by atoms with E-state index in [0.29, 0.717) is 12.5 Å². The first-order valence-corrected chi connectivity index (χ1v) is 5.10. The first-order chi connectivity index (χ1) is 5.84. The quantitative estimate of drug-likeness (QED) is 0.595. The highest BCUT2D eigenvalue weighted by Gasteiger charge is 2.29. The van der Waals surface area contributed by atoms with Crippen LogP contribution in [0.5, 0.6) is 0 Å². The van der Waals surface area contributed by atoms with Crippen molar-refractivity contribution in [2.24, 2.45) is 5.92 Å². The standard InChI is InChI=1S/C10H20O2/c1-2-3-4-7-12-8-10(11)9-5-6-9/h9-11H,2-8H2,1H3. The monoisotopic (exact) mass is 172 g/mol. The maximum Gasteiger partial charge on any atom is 0.0801 e. The SMILES string of the molecule is CCCCCOCC(O)C1CC1. The van der Waals surface area contributed by atoms with Gasteiger partial charge in [-0.25, -0.2) is 0 Å². The van der Waals surface area contributed by atoms with Crippen LogP contribution in [0.25, 0.3) is 0 Å². The lowest BCUT2D eigenvalue weighted by molar-refractivity contribution is 0.0242. The van der Waals surface area contributed by atoms with Gasteiger partial charge >= 0.3 is 0 Å². The molecule has 2 nitrogen and oxygen atoms in total. The second kappa shape index (κ2) is 5.55. The number of ether oxygens (including phenoxy) is 1. The van der Waals surface area contributed by atoms with Crippen LogP contribution in [0.15, 0.2) is 0 Å². The summed E-state index contributed by atoms with van der Waals surface area (Å²) >= 11 is 0. The first kappa shape index (κ1) is 10.0. The van der Waals surface area contributed by atoms with Gasteiger partial charge in [0.1, 0.15) is 0 Å². The zero-order valence-corrected chi connectivity index (χ0v) is 7.96. The Morgan fingerprint density at radius 2 is 2.17 bits per heavy atom. The second-order valence-corrected chi connectivity index (χ2v) is 3.69. The molecule has 1 unspecified atom stereocenters. The van der Waals surface area contributed by atoms with Gasteiger partial charge in [0.15, 0.2) is 0 Å². The number of rotatable bonds is 7. The molecule has 0 saturated heterocycles. The van der Waals surface area contributed by atoms with E-state index in [0.717, 1.165) is 13.0 Å². The van der Waals surface area contributed by atoms with Gasteiger partial charge in [-0.1, -0.05) is 19.8 Å². The van der Waals surface area contributed by atoms with Gasteiger partial charge in [0.2, 0.25) is 0 Å². The Kier molecular flexibility index (Phi) is 4.62. The lowest BCUT2D eigenvalue weighted by Gasteiger charge is -2.09. The van der Waals surface area contributed by atoms with Crippen LogP contribution in [0.4, 0.5) is 0 Å². The molecule has 1 rings (SSSR count). The van der Waals surface area contributed by atoms with Crippen molar-refractivity contribution in [3.05, 3.63) is 0 Å². The highest BCUT2D eigenvalue weighted by molar-refractivity contribution is 4.80. The van der Waals surface area contributed by atoms with Crippen LogP contribution in [0.3, 0.4) is 0 Å². The molecule has 0 aromatic heterocycles.